The van der Waals surface area contributed by atoms with Crippen LogP contribution in [-0.4, -0.2) is 100 Å². The number of carbonyl (C=O) groups excluding carboxylic acids is 2. The number of imidazole rings is 1. The standard InChI is InChI=1S/C40H46ClFN10O5S/c1-48-36-31(4-5-32(42)37(36)52(40(48)55)33-6-7-35(53)47-38(33)54)26-10-14-49(15-11-26)24-25-8-16-50(17-9-25)34-20-30(3-2-27(34)21-43)58(56,57)51-18-12-29(13-19-51)46-39-44-22-28(41)23-45-39/h2-5,20,22-23,25-26,29,33H,6-19,24H2,1H3,(H,44,45,46)(H,47,53,54). The molecule has 8 rings (SSSR count). The average molecular weight is 833 g/mol. The molecule has 2 amide bonds. The van der Waals surface area contributed by atoms with Crippen molar-refractivity contribution in [2.24, 2.45) is 13.0 Å². The Labute approximate surface area is 340 Å². The summed E-state index contributed by atoms with van der Waals surface area (Å²) in [6.07, 6.45) is 7.89. The van der Waals surface area contributed by atoms with Crippen LogP contribution in [0, 0.1) is 23.1 Å². The van der Waals surface area contributed by atoms with E-state index in [0.717, 1.165) is 50.9 Å². The van der Waals surface area contributed by atoms with Crippen molar-refractivity contribution in [3.63, 3.8) is 0 Å². The molecular weight excluding hydrogens is 787 g/mol. The molecule has 4 fully saturated rings. The minimum atomic E-state index is -3.78. The van der Waals surface area contributed by atoms with Crippen molar-refractivity contribution >= 4 is 56.1 Å². The number of imide groups is 1. The van der Waals surface area contributed by atoms with E-state index in [2.05, 4.69) is 36.5 Å². The molecule has 15 nitrogen and oxygen atoms in total. The number of nitriles is 1. The van der Waals surface area contributed by atoms with Crippen LogP contribution in [0.15, 0.2) is 52.4 Å². The number of benzene rings is 2. The lowest BCUT2D eigenvalue weighted by Crippen LogP contribution is -2.44. The van der Waals surface area contributed by atoms with Gasteiger partial charge in [0.15, 0.2) is 0 Å². The number of carbonyl (C=O) groups is 2. The second-order valence-corrected chi connectivity index (χ2v) is 18.2. The summed E-state index contributed by atoms with van der Waals surface area (Å²) < 4.78 is 47.2. The lowest BCUT2D eigenvalue weighted by Gasteiger charge is -2.39. The Kier molecular flexibility index (Phi) is 11.3. The van der Waals surface area contributed by atoms with Gasteiger partial charge in [-0.3, -0.25) is 24.0 Å². The quantitative estimate of drug-likeness (QED) is 0.232. The first-order valence-electron chi connectivity index (χ1n) is 19.9. The van der Waals surface area contributed by atoms with Gasteiger partial charge >= 0.3 is 5.69 Å². The molecule has 2 aromatic heterocycles. The number of hydrogen-bond acceptors (Lipinski definition) is 11. The summed E-state index contributed by atoms with van der Waals surface area (Å²) in [5.74, 6) is -0.579. The number of hydrogen-bond donors (Lipinski definition) is 2. The van der Waals surface area contributed by atoms with E-state index in [1.54, 1.807) is 25.2 Å². The highest BCUT2D eigenvalue weighted by Gasteiger charge is 2.35. The molecular formula is C40H46ClFN10O5S. The minimum Gasteiger partial charge on any atom is -0.370 e. The van der Waals surface area contributed by atoms with Gasteiger partial charge in [-0.15, -0.1) is 0 Å². The van der Waals surface area contributed by atoms with Gasteiger partial charge in [-0.05, 0) is 99.7 Å². The van der Waals surface area contributed by atoms with Crippen LogP contribution in [0.4, 0.5) is 16.0 Å². The number of amides is 2. The fraction of sp³-hybridized carbons (Fsp3) is 0.500. The van der Waals surface area contributed by atoms with E-state index in [9.17, 15) is 28.1 Å². The van der Waals surface area contributed by atoms with E-state index in [1.807, 2.05) is 0 Å². The van der Waals surface area contributed by atoms with Crippen molar-refractivity contribution in [2.45, 2.75) is 74.3 Å². The van der Waals surface area contributed by atoms with Crippen LogP contribution in [0.2, 0.25) is 5.02 Å². The molecule has 2 N–H and O–H groups in total. The predicted octanol–water partition coefficient (Wildman–Crippen LogP) is 4.13. The normalized spacial score (nSPS) is 21.0. The van der Waals surface area contributed by atoms with E-state index in [-0.39, 0.29) is 35.2 Å². The smallest absolute Gasteiger partial charge is 0.329 e. The average Bonchev–Trinajstić information content (AvgIpc) is 3.49. The van der Waals surface area contributed by atoms with Crippen LogP contribution >= 0.6 is 11.6 Å². The van der Waals surface area contributed by atoms with Gasteiger partial charge in [0, 0.05) is 52.2 Å². The number of likely N-dealkylation sites (tertiary alicyclic amines) is 1. The third-order valence-electron chi connectivity index (χ3n) is 12.4. The lowest BCUT2D eigenvalue weighted by molar-refractivity contribution is -0.135. The van der Waals surface area contributed by atoms with Crippen molar-refractivity contribution in [3.8, 4) is 6.07 Å². The van der Waals surface area contributed by atoms with Crippen LogP contribution in [0.3, 0.4) is 0 Å². The van der Waals surface area contributed by atoms with E-state index in [1.165, 1.54) is 38.0 Å². The Hall–Kier alpha value is -4.89. The first kappa shape index (κ1) is 39.9. The Bertz CT molecular complexity index is 2430. The molecule has 4 aromatic rings. The third-order valence-corrected chi connectivity index (χ3v) is 14.4. The second-order valence-electron chi connectivity index (χ2n) is 15.9. The molecule has 306 valence electrons. The number of nitrogens with zero attached hydrogens (tertiary/aromatic N) is 8. The number of aromatic nitrogens is 4. The highest BCUT2D eigenvalue weighted by atomic mass is 35.5. The topological polar surface area (TPSA) is 179 Å². The summed E-state index contributed by atoms with van der Waals surface area (Å²) in [7, 11) is -2.18. The van der Waals surface area contributed by atoms with Gasteiger partial charge in [-0.25, -0.2) is 27.6 Å². The van der Waals surface area contributed by atoms with E-state index in [0.29, 0.717) is 72.7 Å². The van der Waals surface area contributed by atoms with Gasteiger partial charge in [0.1, 0.15) is 23.4 Å². The summed E-state index contributed by atoms with van der Waals surface area (Å²) >= 11 is 5.89. The van der Waals surface area contributed by atoms with Gasteiger partial charge in [-0.1, -0.05) is 17.7 Å². The van der Waals surface area contributed by atoms with Crippen molar-refractivity contribution < 1.29 is 22.4 Å². The number of rotatable bonds is 9. The molecule has 18 heteroatoms. The zero-order valence-corrected chi connectivity index (χ0v) is 33.8. The number of aryl methyl sites for hydroxylation is 1. The monoisotopic (exact) mass is 832 g/mol. The molecule has 4 saturated heterocycles. The molecule has 0 saturated carbocycles. The maximum absolute atomic E-state index is 15.4. The molecule has 0 bridgehead atoms. The minimum absolute atomic E-state index is 0.0289. The van der Waals surface area contributed by atoms with Crippen molar-refractivity contribution in [1.29, 1.82) is 5.26 Å². The number of fused-ring (bicyclic) bond motifs is 1. The number of nitrogens with one attached hydrogen (secondary N) is 2. The zero-order valence-electron chi connectivity index (χ0n) is 32.2. The summed E-state index contributed by atoms with van der Waals surface area (Å²) in [5.41, 5.74) is 2.10. The summed E-state index contributed by atoms with van der Waals surface area (Å²) in [6.45, 7) is 4.69. The maximum Gasteiger partial charge on any atom is 0.329 e. The molecule has 1 atom stereocenters. The van der Waals surface area contributed by atoms with Crippen LogP contribution < -0.4 is 21.2 Å². The molecule has 2 aromatic carbocycles. The van der Waals surface area contributed by atoms with Crippen LogP contribution in [0.25, 0.3) is 11.0 Å². The Morgan fingerprint density at radius 2 is 1.64 bits per heavy atom. The third kappa shape index (κ3) is 7.82. The highest BCUT2D eigenvalue weighted by Crippen LogP contribution is 2.37. The first-order valence-corrected chi connectivity index (χ1v) is 21.7. The summed E-state index contributed by atoms with van der Waals surface area (Å²) in [5, 5.41) is 16.0. The van der Waals surface area contributed by atoms with Crippen LogP contribution in [-0.2, 0) is 26.7 Å². The fourth-order valence-electron chi connectivity index (χ4n) is 9.19. The number of piperidine rings is 4. The molecule has 4 aliphatic heterocycles. The van der Waals surface area contributed by atoms with Gasteiger partial charge in [-0.2, -0.15) is 9.57 Å². The number of halogens is 2. The Morgan fingerprint density at radius 1 is 0.931 bits per heavy atom. The molecule has 0 aliphatic carbocycles. The highest BCUT2D eigenvalue weighted by molar-refractivity contribution is 7.89. The van der Waals surface area contributed by atoms with Crippen molar-refractivity contribution in [1.82, 2.24) is 33.6 Å². The summed E-state index contributed by atoms with van der Waals surface area (Å²) in [4.78, 5) is 51.1. The van der Waals surface area contributed by atoms with Gasteiger partial charge < -0.3 is 15.1 Å². The Balaban J connectivity index is 0.871. The molecule has 1 unspecified atom stereocenters. The number of sulfonamides is 1. The zero-order chi connectivity index (χ0) is 40.7. The van der Waals surface area contributed by atoms with E-state index >= 15 is 4.39 Å². The molecule has 0 radical (unpaired) electrons. The van der Waals surface area contributed by atoms with Gasteiger partial charge in [0.2, 0.25) is 27.8 Å². The van der Waals surface area contributed by atoms with Crippen LogP contribution in [0.5, 0.6) is 0 Å². The van der Waals surface area contributed by atoms with Crippen molar-refractivity contribution in [3.05, 3.63) is 75.2 Å². The van der Waals surface area contributed by atoms with Crippen molar-refractivity contribution in [2.75, 3.05) is 56.0 Å². The Morgan fingerprint density at radius 3 is 2.31 bits per heavy atom. The SMILES string of the molecule is Cn1c(=O)n(C2CCC(=O)NC2=O)c2c(F)ccc(C3CCN(CC4CCN(c5cc(S(=O)(=O)N6CCC(Nc7ncc(Cl)cn7)CC6)ccc5C#N)CC4)CC3)c21. The second kappa shape index (κ2) is 16.4. The molecule has 4 aliphatic rings. The maximum atomic E-state index is 15.4. The predicted molar refractivity (Wildman–Crippen MR) is 216 cm³/mol. The largest absolute Gasteiger partial charge is 0.370 e. The van der Waals surface area contributed by atoms with Gasteiger partial charge in [0.05, 0.1) is 39.1 Å². The lowest BCUT2D eigenvalue weighted by atomic mass is 9.87. The molecule has 6 heterocycles. The van der Waals surface area contributed by atoms with Gasteiger partial charge in [0.25, 0.3) is 0 Å². The van der Waals surface area contributed by atoms with E-state index < -0.39 is 39.4 Å². The van der Waals surface area contributed by atoms with Crippen LogP contribution in [0.1, 0.15) is 74.5 Å². The molecule has 58 heavy (non-hydrogen) atoms. The van der Waals surface area contributed by atoms with E-state index in [4.69, 9.17) is 11.6 Å². The number of anilines is 2. The molecule has 0 spiro atoms. The first-order chi connectivity index (χ1) is 27.9. The summed E-state index contributed by atoms with van der Waals surface area (Å²) in [6, 6.07) is 9.28. The fourth-order valence-corrected chi connectivity index (χ4v) is 10.8.